The second-order valence-electron chi connectivity index (χ2n) is 10.2. The van der Waals surface area contributed by atoms with Crippen LogP contribution in [0.4, 0.5) is 5.69 Å². The molecule has 0 unspecified atom stereocenters. The molecule has 1 aromatic carbocycles. The van der Waals surface area contributed by atoms with E-state index in [1.165, 1.54) is 8.61 Å². The fourth-order valence-corrected chi connectivity index (χ4v) is 6.84. The molecule has 2 aromatic rings. The molecule has 1 aliphatic carbocycles. The zero-order valence-electron chi connectivity index (χ0n) is 20.3. The summed E-state index contributed by atoms with van der Waals surface area (Å²) in [5.41, 5.74) is 4.02. The van der Waals surface area contributed by atoms with Crippen LogP contribution in [0.25, 0.3) is 0 Å². The van der Waals surface area contributed by atoms with Crippen molar-refractivity contribution in [1.82, 2.24) is 8.87 Å². The summed E-state index contributed by atoms with van der Waals surface area (Å²) in [6.45, 7) is 6.73. The van der Waals surface area contributed by atoms with E-state index in [0.717, 1.165) is 35.4 Å². The maximum atomic E-state index is 13.2. The summed E-state index contributed by atoms with van der Waals surface area (Å²) in [4.78, 5) is 24.9. The number of carboxylic acids is 1. The highest BCUT2D eigenvalue weighted by atomic mass is 32.2. The minimum Gasteiger partial charge on any atom is -0.480 e. The number of carbonyl (C=O) groups is 2. The van der Waals surface area contributed by atoms with Gasteiger partial charge in [0.05, 0.1) is 5.69 Å². The highest BCUT2D eigenvalue weighted by molar-refractivity contribution is 7.90. The van der Waals surface area contributed by atoms with E-state index in [-0.39, 0.29) is 17.7 Å². The molecule has 4 rings (SSSR count). The summed E-state index contributed by atoms with van der Waals surface area (Å²) < 4.78 is 31.0. The van der Waals surface area contributed by atoms with Gasteiger partial charge in [0.15, 0.2) is 5.78 Å². The number of para-hydroxylation sites is 1. The molecule has 184 valence electrons. The van der Waals surface area contributed by atoms with Gasteiger partial charge in [-0.1, -0.05) is 32.0 Å². The van der Waals surface area contributed by atoms with E-state index in [9.17, 15) is 23.1 Å². The van der Waals surface area contributed by atoms with Gasteiger partial charge in [-0.25, -0.2) is 0 Å². The topological polar surface area (TPSA) is 99.9 Å². The standard InChI is InChI=1S/C25H33N3O5S/c1-17-19(24-21(28(17)16-23(30)31)14-25(2,3)15-22(24)29)13-18-9-5-6-10-20(18)26(4)34(32,33)27-11-7-8-12-27/h5-6,9-10H,7-8,11-16H2,1-4H3,(H,30,31). The van der Waals surface area contributed by atoms with Crippen molar-refractivity contribution < 1.29 is 23.1 Å². The van der Waals surface area contributed by atoms with E-state index in [2.05, 4.69) is 0 Å². The van der Waals surface area contributed by atoms with E-state index >= 15 is 0 Å². The van der Waals surface area contributed by atoms with Crippen LogP contribution in [0.5, 0.6) is 0 Å². The van der Waals surface area contributed by atoms with Gasteiger partial charge in [0.2, 0.25) is 0 Å². The summed E-state index contributed by atoms with van der Waals surface area (Å²) in [5.74, 6) is -0.941. The molecular formula is C25H33N3O5S. The molecule has 34 heavy (non-hydrogen) atoms. The number of nitrogens with zero attached hydrogens (tertiary/aromatic N) is 3. The third-order valence-corrected chi connectivity index (χ3v) is 8.96. The smallest absolute Gasteiger partial charge is 0.323 e. The number of ketones is 1. The molecule has 2 aliphatic rings. The summed E-state index contributed by atoms with van der Waals surface area (Å²) in [5, 5.41) is 9.51. The van der Waals surface area contributed by atoms with Crippen LogP contribution in [-0.2, 0) is 34.4 Å². The molecule has 9 heteroatoms. The summed E-state index contributed by atoms with van der Waals surface area (Å²) >= 11 is 0. The van der Waals surface area contributed by atoms with E-state index in [0.29, 0.717) is 43.6 Å². The van der Waals surface area contributed by atoms with Gasteiger partial charge in [0.25, 0.3) is 0 Å². The van der Waals surface area contributed by atoms with Crippen LogP contribution in [0.15, 0.2) is 24.3 Å². The average molecular weight is 488 g/mol. The fourth-order valence-electron chi connectivity index (χ4n) is 5.35. The Morgan fingerprint density at radius 3 is 2.44 bits per heavy atom. The third kappa shape index (κ3) is 4.38. The lowest BCUT2D eigenvalue weighted by Gasteiger charge is -2.30. The van der Waals surface area contributed by atoms with Crippen molar-refractivity contribution in [3.8, 4) is 0 Å². The van der Waals surface area contributed by atoms with Crippen molar-refractivity contribution in [3.05, 3.63) is 52.3 Å². The molecule has 0 amide bonds. The van der Waals surface area contributed by atoms with Gasteiger partial charge in [0, 0.05) is 49.9 Å². The lowest BCUT2D eigenvalue weighted by molar-refractivity contribution is -0.137. The molecule has 0 radical (unpaired) electrons. The normalized spacial score (nSPS) is 18.2. The molecular weight excluding hydrogens is 454 g/mol. The number of aliphatic carboxylic acids is 1. The summed E-state index contributed by atoms with van der Waals surface area (Å²) in [7, 11) is -2.09. The number of anilines is 1. The van der Waals surface area contributed by atoms with Crippen molar-refractivity contribution >= 4 is 27.6 Å². The molecule has 2 heterocycles. The van der Waals surface area contributed by atoms with Gasteiger partial charge in [-0.05, 0) is 48.8 Å². The predicted molar refractivity (Wildman–Crippen MR) is 131 cm³/mol. The highest BCUT2D eigenvalue weighted by Gasteiger charge is 2.37. The number of aromatic nitrogens is 1. The third-order valence-electron chi connectivity index (χ3n) is 7.05. The van der Waals surface area contributed by atoms with E-state index in [1.54, 1.807) is 23.7 Å². The molecule has 8 nitrogen and oxygen atoms in total. The Morgan fingerprint density at radius 2 is 1.79 bits per heavy atom. The van der Waals surface area contributed by atoms with Crippen LogP contribution in [0.1, 0.15) is 66.0 Å². The largest absolute Gasteiger partial charge is 0.480 e. The van der Waals surface area contributed by atoms with Crippen LogP contribution >= 0.6 is 0 Å². The SMILES string of the molecule is Cc1c(Cc2ccccc2N(C)S(=O)(=O)N2CCCC2)c2c(n1CC(=O)O)CC(C)(C)CC2=O. The Balaban J connectivity index is 1.78. The summed E-state index contributed by atoms with van der Waals surface area (Å²) in [6.07, 6.45) is 3.08. The first-order valence-electron chi connectivity index (χ1n) is 11.7. The van der Waals surface area contributed by atoms with Gasteiger partial charge in [-0.15, -0.1) is 0 Å². The van der Waals surface area contributed by atoms with Crippen LogP contribution in [0.3, 0.4) is 0 Å². The van der Waals surface area contributed by atoms with E-state index < -0.39 is 16.2 Å². The first-order valence-corrected chi connectivity index (χ1v) is 13.1. The lowest BCUT2D eigenvalue weighted by Crippen LogP contribution is -2.40. The zero-order chi connectivity index (χ0) is 24.8. The second kappa shape index (κ2) is 8.85. The zero-order valence-corrected chi connectivity index (χ0v) is 21.1. The number of fused-ring (bicyclic) bond motifs is 1. The summed E-state index contributed by atoms with van der Waals surface area (Å²) in [6, 6.07) is 7.32. The Bertz CT molecular complexity index is 1240. The number of carboxylic acid groups (broad SMARTS) is 1. The Labute approximate surface area is 201 Å². The van der Waals surface area contributed by atoms with E-state index in [4.69, 9.17) is 0 Å². The number of carbonyl (C=O) groups excluding carboxylic acids is 1. The van der Waals surface area contributed by atoms with E-state index in [1.807, 2.05) is 32.9 Å². The number of benzene rings is 1. The van der Waals surface area contributed by atoms with Crippen molar-refractivity contribution in [2.75, 3.05) is 24.4 Å². The molecule has 0 atom stereocenters. The monoisotopic (exact) mass is 487 g/mol. The lowest BCUT2D eigenvalue weighted by atomic mass is 9.75. The fraction of sp³-hybridized carbons (Fsp3) is 0.520. The molecule has 1 N–H and O–H groups in total. The van der Waals surface area contributed by atoms with Crippen LogP contribution in [-0.4, -0.2) is 54.3 Å². The van der Waals surface area contributed by atoms with Gasteiger partial charge in [-0.2, -0.15) is 12.7 Å². The molecule has 1 aromatic heterocycles. The molecule has 1 aliphatic heterocycles. The van der Waals surface area contributed by atoms with Crippen molar-refractivity contribution in [1.29, 1.82) is 0 Å². The highest BCUT2D eigenvalue weighted by Crippen LogP contribution is 2.40. The predicted octanol–water partition coefficient (Wildman–Crippen LogP) is 3.40. The van der Waals surface area contributed by atoms with Crippen LogP contribution in [0.2, 0.25) is 0 Å². The Morgan fingerprint density at radius 1 is 1.15 bits per heavy atom. The average Bonchev–Trinajstić information content (AvgIpc) is 3.37. The first kappa shape index (κ1) is 24.5. The number of hydrogen-bond donors (Lipinski definition) is 1. The molecule has 1 saturated heterocycles. The van der Waals surface area contributed by atoms with Crippen LogP contribution < -0.4 is 4.31 Å². The maximum absolute atomic E-state index is 13.2. The minimum absolute atomic E-state index is 0.0176. The number of rotatable bonds is 7. The second-order valence-corrected chi connectivity index (χ2v) is 12.2. The number of hydrogen-bond acceptors (Lipinski definition) is 4. The Hall–Kier alpha value is -2.65. The quantitative estimate of drug-likeness (QED) is 0.645. The van der Waals surface area contributed by atoms with Crippen molar-refractivity contribution in [3.63, 3.8) is 0 Å². The first-order chi connectivity index (χ1) is 15.9. The van der Waals surface area contributed by atoms with Gasteiger partial charge in [-0.3, -0.25) is 13.9 Å². The van der Waals surface area contributed by atoms with Gasteiger partial charge in [0.1, 0.15) is 6.54 Å². The molecule has 0 saturated carbocycles. The minimum atomic E-state index is -3.65. The van der Waals surface area contributed by atoms with Crippen molar-refractivity contribution in [2.24, 2.45) is 5.41 Å². The Kier molecular flexibility index (Phi) is 6.37. The molecule has 0 bridgehead atoms. The molecule has 1 fully saturated rings. The van der Waals surface area contributed by atoms with Crippen molar-refractivity contribution in [2.45, 2.75) is 59.4 Å². The maximum Gasteiger partial charge on any atom is 0.323 e. The van der Waals surface area contributed by atoms with Crippen LogP contribution in [0, 0.1) is 12.3 Å². The number of Topliss-reactive ketones (excluding diaryl/α,β-unsaturated/α-hetero) is 1. The van der Waals surface area contributed by atoms with Gasteiger partial charge < -0.3 is 9.67 Å². The van der Waals surface area contributed by atoms with Gasteiger partial charge >= 0.3 is 16.2 Å². The molecule has 0 spiro atoms.